The molecule has 0 unspecified atom stereocenters. The minimum Gasteiger partial charge on any atom is -0.338 e. The van der Waals surface area contributed by atoms with Gasteiger partial charge in [0.1, 0.15) is 4.38 Å². The molecule has 1 aromatic heterocycles. The Morgan fingerprint density at radius 3 is 3.20 bits per heavy atom. The van der Waals surface area contributed by atoms with Gasteiger partial charge < -0.3 is 4.52 Å². The molecule has 1 aromatic rings. The van der Waals surface area contributed by atoms with E-state index in [0.717, 1.165) is 41.1 Å². The van der Waals surface area contributed by atoms with Crippen molar-refractivity contribution < 1.29 is 4.52 Å². The third-order valence-electron chi connectivity index (χ3n) is 1.86. The summed E-state index contributed by atoms with van der Waals surface area (Å²) in [6, 6.07) is 0. The van der Waals surface area contributed by atoms with E-state index in [-0.39, 0.29) is 0 Å². The zero-order valence-electron chi connectivity index (χ0n) is 8.60. The van der Waals surface area contributed by atoms with Gasteiger partial charge in [0.15, 0.2) is 5.82 Å². The molecule has 0 bridgehead atoms. The van der Waals surface area contributed by atoms with Crippen LogP contribution in [0.15, 0.2) is 9.52 Å². The van der Waals surface area contributed by atoms with Crippen molar-refractivity contribution in [1.82, 2.24) is 10.1 Å². The molecule has 82 valence electrons. The van der Waals surface area contributed by atoms with Gasteiger partial charge in [-0.3, -0.25) is 4.99 Å². The van der Waals surface area contributed by atoms with Crippen LogP contribution in [0.25, 0.3) is 0 Å². The first-order chi connectivity index (χ1) is 7.38. The minimum absolute atomic E-state index is 0.707. The normalized spacial score (nSPS) is 15.7. The SMILES string of the molecule is CCCc1noc(CSC2=NCCS2)n1. The largest absolute Gasteiger partial charge is 0.338 e. The number of nitrogens with zero attached hydrogens (tertiary/aromatic N) is 3. The Hall–Kier alpha value is -0.490. The van der Waals surface area contributed by atoms with Gasteiger partial charge in [-0.15, -0.1) is 0 Å². The van der Waals surface area contributed by atoms with Gasteiger partial charge in [-0.05, 0) is 6.42 Å². The summed E-state index contributed by atoms with van der Waals surface area (Å²) in [7, 11) is 0. The maximum atomic E-state index is 5.13. The van der Waals surface area contributed by atoms with Gasteiger partial charge in [-0.25, -0.2) is 0 Å². The van der Waals surface area contributed by atoms with E-state index in [0.29, 0.717) is 5.89 Å². The summed E-state index contributed by atoms with van der Waals surface area (Å²) in [5.74, 6) is 3.36. The molecule has 2 rings (SSSR count). The first kappa shape index (κ1) is 11.0. The minimum atomic E-state index is 0.707. The molecule has 6 heteroatoms. The third kappa shape index (κ3) is 3.24. The Bertz CT molecular complexity index is 351. The van der Waals surface area contributed by atoms with Gasteiger partial charge >= 0.3 is 0 Å². The van der Waals surface area contributed by atoms with Crippen LogP contribution in [-0.2, 0) is 12.2 Å². The van der Waals surface area contributed by atoms with E-state index in [1.165, 1.54) is 0 Å². The maximum Gasteiger partial charge on any atom is 0.237 e. The highest BCUT2D eigenvalue weighted by molar-refractivity contribution is 8.38. The lowest BCUT2D eigenvalue weighted by molar-refractivity contribution is 0.385. The molecule has 0 N–H and O–H groups in total. The van der Waals surface area contributed by atoms with E-state index >= 15 is 0 Å². The number of rotatable bonds is 4. The van der Waals surface area contributed by atoms with Crippen molar-refractivity contribution in [1.29, 1.82) is 0 Å². The van der Waals surface area contributed by atoms with Crippen LogP contribution in [0.4, 0.5) is 0 Å². The lowest BCUT2D eigenvalue weighted by Gasteiger charge is -1.93. The van der Waals surface area contributed by atoms with E-state index in [1.54, 1.807) is 23.5 Å². The third-order valence-corrected chi connectivity index (χ3v) is 4.10. The molecule has 4 nitrogen and oxygen atoms in total. The Labute approximate surface area is 97.3 Å². The monoisotopic (exact) mass is 243 g/mol. The summed E-state index contributed by atoms with van der Waals surface area (Å²) in [5, 5.41) is 3.91. The fourth-order valence-corrected chi connectivity index (χ4v) is 3.05. The molecule has 1 aliphatic heterocycles. The Morgan fingerprint density at radius 1 is 1.53 bits per heavy atom. The summed E-state index contributed by atoms with van der Waals surface area (Å²) in [5.41, 5.74) is 0. The Kier molecular flexibility index (Phi) is 4.08. The van der Waals surface area contributed by atoms with Crippen LogP contribution in [-0.4, -0.2) is 26.8 Å². The van der Waals surface area contributed by atoms with Gasteiger partial charge in [0, 0.05) is 12.2 Å². The molecular weight excluding hydrogens is 230 g/mol. The summed E-state index contributed by atoms with van der Waals surface area (Å²) < 4.78 is 6.27. The van der Waals surface area contributed by atoms with Crippen LogP contribution < -0.4 is 0 Å². The van der Waals surface area contributed by atoms with Gasteiger partial charge in [0.2, 0.25) is 5.89 Å². The molecule has 0 aliphatic carbocycles. The fraction of sp³-hybridized carbons (Fsp3) is 0.667. The molecular formula is C9H13N3OS2. The van der Waals surface area contributed by atoms with Crippen molar-refractivity contribution in [2.24, 2.45) is 4.99 Å². The molecule has 0 saturated heterocycles. The molecule has 2 heterocycles. The van der Waals surface area contributed by atoms with Crippen molar-refractivity contribution >= 4 is 27.9 Å². The molecule has 0 radical (unpaired) electrons. The van der Waals surface area contributed by atoms with E-state index < -0.39 is 0 Å². The van der Waals surface area contributed by atoms with Crippen molar-refractivity contribution in [2.75, 3.05) is 12.3 Å². The molecule has 0 atom stereocenters. The van der Waals surface area contributed by atoms with Crippen molar-refractivity contribution in [3.8, 4) is 0 Å². The summed E-state index contributed by atoms with van der Waals surface area (Å²) in [4.78, 5) is 8.64. The molecule has 0 aromatic carbocycles. The first-order valence-corrected chi connectivity index (χ1v) is 6.97. The van der Waals surface area contributed by atoms with Crippen LogP contribution in [0, 0.1) is 0 Å². The first-order valence-electron chi connectivity index (χ1n) is 5.00. The zero-order chi connectivity index (χ0) is 10.5. The van der Waals surface area contributed by atoms with Crippen molar-refractivity contribution in [2.45, 2.75) is 25.5 Å². The lowest BCUT2D eigenvalue weighted by Crippen LogP contribution is -1.88. The topological polar surface area (TPSA) is 51.3 Å². The number of aliphatic imine (C=N–C) groups is 1. The quantitative estimate of drug-likeness (QED) is 0.812. The average molecular weight is 243 g/mol. The lowest BCUT2D eigenvalue weighted by atomic mass is 10.3. The highest BCUT2D eigenvalue weighted by Gasteiger charge is 2.11. The smallest absolute Gasteiger partial charge is 0.237 e. The summed E-state index contributed by atoms with van der Waals surface area (Å²) >= 11 is 3.49. The van der Waals surface area contributed by atoms with E-state index in [9.17, 15) is 0 Å². The van der Waals surface area contributed by atoms with Gasteiger partial charge in [-0.1, -0.05) is 35.6 Å². The van der Waals surface area contributed by atoms with E-state index in [4.69, 9.17) is 4.52 Å². The van der Waals surface area contributed by atoms with Crippen LogP contribution in [0.2, 0.25) is 0 Å². The second kappa shape index (κ2) is 5.55. The standard InChI is InChI=1S/C9H13N3OS2/c1-2-3-7-11-8(13-12-7)6-15-9-10-4-5-14-9/h2-6H2,1H3. The van der Waals surface area contributed by atoms with E-state index in [2.05, 4.69) is 22.1 Å². The van der Waals surface area contributed by atoms with Crippen LogP contribution >= 0.6 is 23.5 Å². The number of hydrogen-bond acceptors (Lipinski definition) is 6. The molecule has 0 fully saturated rings. The second-order valence-electron chi connectivity index (χ2n) is 3.14. The Balaban J connectivity index is 1.82. The second-order valence-corrected chi connectivity index (χ2v) is 5.45. The predicted octanol–water partition coefficient (Wildman–Crippen LogP) is 2.36. The average Bonchev–Trinajstić information content (AvgIpc) is 2.85. The number of hydrogen-bond donors (Lipinski definition) is 0. The van der Waals surface area contributed by atoms with Crippen LogP contribution in [0.3, 0.4) is 0 Å². The fourth-order valence-electron chi connectivity index (χ4n) is 1.20. The Morgan fingerprint density at radius 2 is 2.47 bits per heavy atom. The molecule has 0 amide bonds. The zero-order valence-corrected chi connectivity index (χ0v) is 10.2. The van der Waals surface area contributed by atoms with Gasteiger partial charge in [0.05, 0.1) is 12.3 Å². The number of thioether (sulfide) groups is 2. The highest BCUT2D eigenvalue weighted by atomic mass is 32.2. The highest BCUT2D eigenvalue weighted by Crippen LogP contribution is 2.24. The molecule has 0 saturated carbocycles. The van der Waals surface area contributed by atoms with Crippen LogP contribution in [0.1, 0.15) is 25.1 Å². The number of aryl methyl sites for hydroxylation is 1. The van der Waals surface area contributed by atoms with Crippen LogP contribution in [0.5, 0.6) is 0 Å². The van der Waals surface area contributed by atoms with E-state index in [1.807, 2.05) is 0 Å². The number of aromatic nitrogens is 2. The predicted molar refractivity (Wildman–Crippen MR) is 64.3 cm³/mol. The summed E-state index contributed by atoms with van der Waals surface area (Å²) in [6.45, 7) is 3.05. The molecule has 15 heavy (non-hydrogen) atoms. The summed E-state index contributed by atoms with van der Waals surface area (Å²) in [6.07, 6.45) is 1.94. The maximum absolute atomic E-state index is 5.13. The van der Waals surface area contributed by atoms with Gasteiger partial charge in [0.25, 0.3) is 0 Å². The van der Waals surface area contributed by atoms with Gasteiger partial charge in [-0.2, -0.15) is 4.98 Å². The molecule has 0 spiro atoms. The van der Waals surface area contributed by atoms with Crippen molar-refractivity contribution in [3.05, 3.63) is 11.7 Å². The van der Waals surface area contributed by atoms with Crippen molar-refractivity contribution in [3.63, 3.8) is 0 Å². The molecule has 1 aliphatic rings.